The molecule has 11 heteroatoms. The SMILES string of the molecule is CC1CCCN(S(=O)(=O)c2ccc(NC(=O)c3ccc(S(=O)(=O)c4ccc(Br)cc4)o3)cc2)C1. The number of sulfonamides is 1. The fourth-order valence-electron chi connectivity index (χ4n) is 3.73. The number of carbonyl (C=O) groups is 1. The average molecular weight is 567 g/mol. The first-order valence-corrected chi connectivity index (χ1v) is 14.3. The summed E-state index contributed by atoms with van der Waals surface area (Å²) < 4.78 is 58.8. The number of amides is 1. The molecule has 0 spiro atoms. The Labute approximate surface area is 207 Å². The molecule has 0 aliphatic carbocycles. The number of hydrogen-bond donors (Lipinski definition) is 1. The normalized spacial score (nSPS) is 17.4. The molecule has 0 radical (unpaired) electrons. The number of rotatable bonds is 6. The van der Waals surface area contributed by atoms with Gasteiger partial charge in [-0.05, 0) is 79.4 Å². The van der Waals surface area contributed by atoms with Crippen molar-refractivity contribution in [2.75, 3.05) is 18.4 Å². The topological polar surface area (TPSA) is 114 Å². The first kappa shape index (κ1) is 24.6. The summed E-state index contributed by atoms with van der Waals surface area (Å²) in [5.74, 6) is -0.528. The Kier molecular flexibility index (Phi) is 6.99. The van der Waals surface area contributed by atoms with Crippen molar-refractivity contribution in [3.63, 3.8) is 0 Å². The molecular formula is C23H23BrN2O6S2. The van der Waals surface area contributed by atoms with Gasteiger partial charge in [0.05, 0.1) is 9.79 Å². The smallest absolute Gasteiger partial charge is 0.291 e. The zero-order valence-electron chi connectivity index (χ0n) is 18.3. The van der Waals surface area contributed by atoms with Gasteiger partial charge in [0.2, 0.25) is 25.0 Å². The first-order chi connectivity index (χ1) is 16.1. The highest BCUT2D eigenvalue weighted by molar-refractivity contribution is 9.10. The largest absolute Gasteiger partial charge is 0.439 e. The number of nitrogens with zero attached hydrogens (tertiary/aromatic N) is 1. The van der Waals surface area contributed by atoms with Gasteiger partial charge in [-0.2, -0.15) is 4.31 Å². The van der Waals surface area contributed by atoms with E-state index in [1.165, 1.54) is 52.8 Å². The number of carbonyl (C=O) groups excluding carboxylic acids is 1. The third-order valence-corrected chi connectivity index (χ3v) is 9.61. The number of furan rings is 1. The van der Waals surface area contributed by atoms with E-state index in [4.69, 9.17) is 4.42 Å². The van der Waals surface area contributed by atoms with E-state index in [2.05, 4.69) is 21.2 Å². The molecule has 1 aliphatic heterocycles. The van der Waals surface area contributed by atoms with E-state index in [-0.39, 0.29) is 20.6 Å². The highest BCUT2D eigenvalue weighted by atomic mass is 79.9. The van der Waals surface area contributed by atoms with Crippen LogP contribution in [0, 0.1) is 5.92 Å². The van der Waals surface area contributed by atoms with Crippen LogP contribution in [0.5, 0.6) is 0 Å². The molecule has 1 atom stereocenters. The lowest BCUT2D eigenvalue weighted by Crippen LogP contribution is -2.39. The first-order valence-electron chi connectivity index (χ1n) is 10.6. The van der Waals surface area contributed by atoms with Crippen molar-refractivity contribution in [2.24, 2.45) is 5.92 Å². The minimum Gasteiger partial charge on any atom is -0.439 e. The molecular weight excluding hydrogens is 544 g/mol. The molecule has 1 aromatic heterocycles. The Morgan fingerprint density at radius 2 is 1.62 bits per heavy atom. The van der Waals surface area contributed by atoms with Crippen LogP contribution in [0.25, 0.3) is 0 Å². The van der Waals surface area contributed by atoms with Crippen LogP contribution >= 0.6 is 15.9 Å². The lowest BCUT2D eigenvalue weighted by atomic mass is 10.0. The standard InChI is InChI=1S/C23H23BrN2O6S2/c1-16-3-2-14-26(15-16)34(30,31)20-10-6-18(7-11-20)25-23(27)21-12-13-22(32-21)33(28,29)19-8-4-17(24)5-9-19/h4-13,16H,2-3,14-15H2,1H3,(H,25,27). The molecule has 4 rings (SSSR count). The number of nitrogens with one attached hydrogen (secondary N) is 1. The molecule has 1 aliphatic rings. The number of halogens is 1. The van der Waals surface area contributed by atoms with E-state index in [9.17, 15) is 21.6 Å². The summed E-state index contributed by atoms with van der Waals surface area (Å²) in [7, 11) is -7.52. The summed E-state index contributed by atoms with van der Waals surface area (Å²) >= 11 is 3.25. The number of piperidine rings is 1. The average Bonchev–Trinajstić information content (AvgIpc) is 3.31. The molecule has 1 unspecified atom stereocenters. The second-order valence-corrected chi connectivity index (χ2v) is 12.9. The Morgan fingerprint density at radius 3 is 2.26 bits per heavy atom. The summed E-state index contributed by atoms with van der Waals surface area (Å²) in [5.41, 5.74) is 0.352. The Bertz CT molecular complexity index is 1400. The second-order valence-electron chi connectivity index (χ2n) is 8.16. The van der Waals surface area contributed by atoms with Gasteiger partial charge in [0.25, 0.3) is 5.91 Å². The number of sulfone groups is 1. The molecule has 34 heavy (non-hydrogen) atoms. The van der Waals surface area contributed by atoms with Crippen LogP contribution in [0.2, 0.25) is 0 Å². The maximum absolute atomic E-state index is 12.9. The third-order valence-electron chi connectivity index (χ3n) is 5.56. The molecule has 3 aromatic rings. The van der Waals surface area contributed by atoms with Crippen molar-refractivity contribution >= 4 is 47.4 Å². The van der Waals surface area contributed by atoms with E-state index in [0.29, 0.717) is 24.7 Å². The van der Waals surface area contributed by atoms with E-state index in [0.717, 1.165) is 17.3 Å². The highest BCUT2D eigenvalue weighted by Crippen LogP contribution is 2.26. The Hall–Kier alpha value is -2.47. The van der Waals surface area contributed by atoms with Crippen molar-refractivity contribution in [3.8, 4) is 0 Å². The van der Waals surface area contributed by atoms with Gasteiger partial charge < -0.3 is 9.73 Å². The molecule has 2 aromatic carbocycles. The monoisotopic (exact) mass is 566 g/mol. The molecule has 0 bridgehead atoms. The van der Waals surface area contributed by atoms with Crippen molar-refractivity contribution in [2.45, 2.75) is 34.6 Å². The maximum Gasteiger partial charge on any atom is 0.291 e. The van der Waals surface area contributed by atoms with Gasteiger partial charge in [-0.15, -0.1) is 0 Å². The van der Waals surface area contributed by atoms with Crippen molar-refractivity contribution < 1.29 is 26.0 Å². The molecule has 1 fully saturated rings. The molecule has 1 N–H and O–H groups in total. The molecule has 1 amide bonds. The number of anilines is 1. The van der Waals surface area contributed by atoms with Gasteiger partial charge >= 0.3 is 0 Å². The number of benzene rings is 2. The lowest BCUT2D eigenvalue weighted by molar-refractivity contribution is 0.0991. The lowest BCUT2D eigenvalue weighted by Gasteiger charge is -2.30. The fourth-order valence-corrected chi connectivity index (χ4v) is 6.77. The van der Waals surface area contributed by atoms with Crippen LogP contribution in [0.15, 0.2) is 84.4 Å². The Morgan fingerprint density at radius 1 is 0.971 bits per heavy atom. The predicted octanol–water partition coefficient (Wildman–Crippen LogP) is 4.55. The second kappa shape index (κ2) is 9.65. The van der Waals surface area contributed by atoms with E-state index < -0.39 is 25.8 Å². The van der Waals surface area contributed by atoms with E-state index in [1.54, 1.807) is 12.1 Å². The van der Waals surface area contributed by atoms with Gasteiger partial charge in [-0.3, -0.25) is 4.79 Å². The van der Waals surface area contributed by atoms with Gasteiger partial charge in [-0.1, -0.05) is 22.9 Å². The van der Waals surface area contributed by atoms with Crippen LogP contribution < -0.4 is 5.32 Å². The summed E-state index contributed by atoms with van der Waals surface area (Å²) in [6.45, 7) is 3.02. The van der Waals surface area contributed by atoms with Crippen LogP contribution in [0.4, 0.5) is 5.69 Å². The summed E-state index contributed by atoms with van der Waals surface area (Å²) in [5, 5.41) is 2.24. The van der Waals surface area contributed by atoms with Gasteiger partial charge in [-0.25, -0.2) is 16.8 Å². The molecule has 2 heterocycles. The van der Waals surface area contributed by atoms with Gasteiger partial charge in [0, 0.05) is 23.2 Å². The van der Waals surface area contributed by atoms with Crippen LogP contribution in [-0.4, -0.2) is 40.1 Å². The fraction of sp³-hybridized carbons (Fsp3) is 0.261. The molecule has 180 valence electrons. The molecule has 8 nitrogen and oxygen atoms in total. The summed E-state index contributed by atoms with van der Waals surface area (Å²) in [4.78, 5) is 12.8. The minimum atomic E-state index is -3.92. The third kappa shape index (κ3) is 5.12. The van der Waals surface area contributed by atoms with Crippen LogP contribution in [0.1, 0.15) is 30.3 Å². The Balaban J connectivity index is 1.46. The molecule has 1 saturated heterocycles. The quantitative estimate of drug-likeness (QED) is 0.468. The van der Waals surface area contributed by atoms with Crippen molar-refractivity contribution in [3.05, 3.63) is 70.9 Å². The highest BCUT2D eigenvalue weighted by Gasteiger charge is 2.29. The van der Waals surface area contributed by atoms with Gasteiger partial charge in [0.1, 0.15) is 0 Å². The van der Waals surface area contributed by atoms with Gasteiger partial charge in [0.15, 0.2) is 5.76 Å². The summed E-state index contributed by atoms with van der Waals surface area (Å²) in [6, 6.07) is 14.4. The van der Waals surface area contributed by atoms with E-state index >= 15 is 0 Å². The molecule has 0 saturated carbocycles. The van der Waals surface area contributed by atoms with Crippen LogP contribution in [-0.2, 0) is 19.9 Å². The summed E-state index contributed by atoms with van der Waals surface area (Å²) in [6.07, 6.45) is 1.84. The predicted molar refractivity (Wildman–Crippen MR) is 130 cm³/mol. The number of hydrogen-bond acceptors (Lipinski definition) is 6. The van der Waals surface area contributed by atoms with Crippen LogP contribution in [0.3, 0.4) is 0 Å². The zero-order chi connectivity index (χ0) is 24.5. The minimum absolute atomic E-state index is 0.0388. The van der Waals surface area contributed by atoms with Crippen molar-refractivity contribution in [1.29, 1.82) is 0 Å². The van der Waals surface area contributed by atoms with E-state index in [1.807, 2.05) is 6.92 Å². The maximum atomic E-state index is 12.9. The zero-order valence-corrected chi connectivity index (χ0v) is 21.5. The van der Waals surface area contributed by atoms with Crippen molar-refractivity contribution in [1.82, 2.24) is 4.31 Å².